The highest BCUT2D eigenvalue weighted by Crippen LogP contribution is 2.26. The zero-order chi connectivity index (χ0) is 11.7. The maximum atomic E-state index is 9.05. The standard InChI is InChI=1S/C13H7N3S/c14-7-10-2-1-5-15-13(10)9-3-4-11-12(6-9)17-8-16-11/h1-6,8H. The topological polar surface area (TPSA) is 49.6 Å². The average molecular weight is 237 g/mol. The number of nitrogens with zero attached hydrogens (tertiary/aromatic N) is 3. The predicted molar refractivity (Wildman–Crippen MR) is 67.6 cm³/mol. The van der Waals surface area contributed by atoms with Gasteiger partial charge in [-0.3, -0.25) is 4.98 Å². The van der Waals surface area contributed by atoms with Crippen molar-refractivity contribution in [3.05, 3.63) is 47.6 Å². The van der Waals surface area contributed by atoms with Crippen LogP contribution in [-0.2, 0) is 0 Å². The Morgan fingerprint density at radius 3 is 3.00 bits per heavy atom. The Bertz CT molecular complexity index is 725. The Morgan fingerprint density at radius 2 is 2.12 bits per heavy atom. The first kappa shape index (κ1) is 9.94. The normalized spacial score (nSPS) is 10.3. The molecule has 1 aromatic carbocycles. The van der Waals surface area contributed by atoms with Crippen LogP contribution < -0.4 is 0 Å². The lowest BCUT2D eigenvalue weighted by molar-refractivity contribution is 1.30. The SMILES string of the molecule is N#Cc1cccnc1-c1ccc2ncsc2c1. The van der Waals surface area contributed by atoms with Gasteiger partial charge in [-0.2, -0.15) is 5.26 Å². The van der Waals surface area contributed by atoms with Gasteiger partial charge in [-0.25, -0.2) is 4.98 Å². The Labute approximate surface area is 102 Å². The van der Waals surface area contributed by atoms with Gasteiger partial charge < -0.3 is 0 Å². The van der Waals surface area contributed by atoms with E-state index in [0.29, 0.717) is 5.56 Å². The summed E-state index contributed by atoms with van der Waals surface area (Å²) in [5, 5.41) is 9.05. The van der Waals surface area contributed by atoms with E-state index in [9.17, 15) is 0 Å². The molecule has 0 aliphatic rings. The molecule has 0 amide bonds. The molecule has 0 saturated heterocycles. The number of aromatic nitrogens is 2. The maximum Gasteiger partial charge on any atom is 0.101 e. The van der Waals surface area contributed by atoms with Crippen molar-refractivity contribution in [1.82, 2.24) is 9.97 Å². The van der Waals surface area contributed by atoms with Crippen LogP contribution in [0.5, 0.6) is 0 Å². The van der Waals surface area contributed by atoms with Crippen LogP contribution in [0.4, 0.5) is 0 Å². The van der Waals surface area contributed by atoms with Crippen LogP contribution >= 0.6 is 11.3 Å². The highest BCUT2D eigenvalue weighted by atomic mass is 32.1. The summed E-state index contributed by atoms with van der Waals surface area (Å²) in [4.78, 5) is 8.50. The lowest BCUT2D eigenvalue weighted by Crippen LogP contribution is -1.87. The molecule has 2 aromatic heterocycles. The minimum atomic E-state index is 0.594. The van der Waals surface area contributed by atoms with Gasteiger partial charge in [-0.05, 0) is 24.3 Å². The molecular weight excluding hydrogens is 230 g/mol. The van der Waals surface area contributed by atoms with Crippen molar-refractivity contribution in [2.24, 2.45) is 0 Å². The second-order valence-corrected chi connectivity index (χ2v) is 4.43. The molecule has 17 heavy (non-hydrogen) atoms. The fourth-order valence-corrected chi connectivity index (χ4v) is 2.44. The highest BCUT2D eigenvalue weighted by molar-refractivity contribution is 7.16. The van der Waals surface area contributed by atoms with Gasteiger partial charge in [0.15, 0.2) is 0 Å². The van der Waals surface area contributed by atoms with Crippen LogP contribution in [0.25, 0.3) is 21.5 Å². The van der Waals surface area contributed by atoms with Crippen molar-refractivity contribution >= 4 is 21.6 Å². The zero-order valence-electron chi connectivity index (χ0n) is 8.79. The van der Waals surface area contributed by atoms with E-state index in [2.05, 4.69) is 16.0 Å². The Morgan fingerprint density at radius 1 is 1.18 bits per heavy atom. The monoisotopic (exact) mass is 237 g/mol. The van der Waals surface area contributed by atoms with E-state index in [0.717, 1.165) is 21.5 Å². The van der Waals surface area contributed by atoms with Gasteiger partial charge in [-0.1, -0.05) is 6.07 Å². The first-order valence-electron chi connectivity index (χ1n) is 5.07. The number of nitriles is 1. The van der Waals surface area contributed by atoms with Crippen molar-refractivity contribution in [2.45, 2.75) is 0 Å². The van der Waals surface area contributed by atoms with E-state index in [4.69, 9.17) is 5.26 Å². The summed E-state index contributed by atoms with van der Waals surface area (Å²) in [6, 6.07) is 11.6. The number of benzene rings is 1. The van der Waals surface area contributed by atoms with Crippen LogP contribution in [0.2, 0.25) is 0 Å². The molecule has 0 saturated carbocycles. The van der Waals surface area contributed by atoms with E-state index in [1.54, 1.807) is 29.7 Å². The summed E-state index contributed by atoms with van der Waals surface area (Å²) in [6.45, 7) is 0. The van der Waals surface area contributed by atoms with E-state index in [-0.39, 0.29) is 0 Å². The summed E-state index contributed by atoms with van der Waals surface area (Å²) in [7, 11) is 0. The predicted octanol–water partition coefficient (Wildman–Crippen LogP) is 3.23. The largest absolute Gasteiger partial charge is 0.255 e. The average Bonchev–Trinajstić information content (AvgIpc) is 2.85. The molecule has 2 heterocycles. The van der Waals surface area contributed by atoms with Crippen molar-refractivity contribution in [2.75, 3.05) is 0 Å². The zero-order valence-corrected chi connectivity index (χ0v) is 9.61. The smallest absolute Gasteiger partial charge is 0.101 e. The van der Waals surface area contributed by atoms with Gasteiger partial charge in [0.05, 0.1) is 27.0 Å². The van der Waals surface area contributed by atoms with Crippen LogP contribution in [0, 0.1) is 11.3 Å². The summed E-state index contributed by atoms with van der Waals surface area (Å²) >= 11 is 1.59. The summed E-state index contributed by atoms with van der Waals surface area (Å²) in [5.41, 5.74) is 5.08. The van der Waals surface area contributed by atoms with Gasteiger partial charge in [-0.15, -0.1) is 11.3 Å². The quantitative estimate of drug-likeness (QED) is 0.652. The molecule has 4 heteroatoms. The number of thiazole rings is 1. The lowest BCUT2D eigenvalue weighted by atomic mass is 10.1. The van der Waals surface area contributed by atoms with E-state index in [1.165, 1.54) is 0 Å². The van der Waals surface area contributed by atoms with Crippen LogP contribution in [0.3, 0.4) is 0 Å². The van der Waals surface area contributed by atoms with Gasteiger partial charge >= 0.3 is 0 Å². The van der Waals surface area contributed by atoms with E-state index < -0.39 is 0 Å². The van der Waals surface area contributed by atoms with Crippen LogP contribution in [0.1, 0.15) is 5.56 Å². The van der Waals surface area contributed by atoms with Crippen molar-refractivity contribution in [3.63, 3.8) is 0 Å². The molecule has 3 aromatic rings. The minimum absolute atomic E-state index is 0.594. The van der Waals surface area contributed by atoms with Crippen LogP contribution in [-0.4, -0.2) is 9.97 Å². The fourth-order valence-electron chi connectivity index (χ4n) is 1.73. The molecule has 0 spiro atoms. The Kier molecular flexibility index (Phi) is 2.32. The van der Waals surface area contributed by atoms with Crippen molar-refractivity contribution < 1.29 is 0 Å². The molecular formula is C13H7N3S. The number of rotatable bonds is 1. The molecule has 0 unspecified atom stereocenters. The van der Waals surface area contributed by atoms with Gasteiger partial charge in [0.25, 0.3) is 0 Å². The number of hydrogen-bond acceptors (Lipinski definition) is 4. The Hall–Kier alpha value is -2.25. The third kappa shape index (κ3) is 1.67. The van der Waals surface area contributed by atoms with E-state index >= 15 is 0 Å². The maximum absolute atomic E-state index is 9.05. The number of hydrogen-bond donors (Lipinski definition) is 0. The first-order chi connectivity index (χ1) is 8.38. The van der Waals surface area contributed by atoms with Crippen molar-refractivity contribution in [3.8, 4) is 17.3 Å². The van der Waals surface area contributed by atoms with Gasteiger partial charge in [0.1, 0.15) is 6.07 Å². The molecule has 0 atom stereocenters. The third-order valence-corrected chi connectivity index (χ3v) is 3.32. The summed E-state index contributed by atoms with van der Waals surface area (Å²) in [6.07, 6.45) is 1.70. The van der Waals surface area contributed by atoms with Gasteiger partial charge in [0.2, 0.25) is 0 Å². The molecule has 0 aliphatic carbocycles. The summed E-state index contributed by atoms with van der Waals surface area (Å²) in [5.74, 6) is 0. The summed E-state index contributed by atoms with van der Waals surface area (Å²) < 4.78 is 1.11. The van der Waals surface area contributed by atoms with E-state index in [1.807, 2.05) is 23.7 Å². The molecule has 0 fully saturated rings. The second-order valence-electron chi connectivity index (χ2n) is 3.55. The molecule has 3 nitrogen and oxygen atoms in total. The minimum Gasteiger partial charge on any atom is -0.255 e. The number of pyridine rings is 1. The lowest BCUT2D eigenvalue weighted by Gasteiger charge is -2.02. The molecule has 3 rings (SSSR count). The molecule has 80 valence electrons. The third-order valence-electron chi connectivity index (χ3n) is 2.53. The highest BCUT2D eigenvalue weighted by Gasteiger charge is 2.07. The molecule has 0 radical (unpaired) electrons. The molecule has 0 aliphatic heterocycles. The first-order valence-corrected chi connectivity index (χ1v) is 5.95. The second kappa shape index (κ2) is 3.96. The molecule has 0 N–H and O–H groups in total. The van der Waals surface area contributed by atoms with Crippen LogP contribution in [0.15, 0.2) is 42.0 Å². The molecule has 0 bridgehead atoms. The Balaban J connectivity index is 2.23. The van der Waals surface area contributed by atoms with Gasteiger partial charge in [0, 0.05) is 11.8 Å². The number of fused-ring (bicyclic) bond motifs is 1. The van der Waals surface area contributed by atoms with Crippen molar-refractivity contribution in [1.29, 1.82) is 5.26 Å². The fraction of sp³-hybridized carbons (Fsp3) is 0.